The molecular weight excluding hydrogens is 280 g/mol. The van der Waals surface area contributed by atoms with Gasteiger partial charge in [0.15, 0.2) is 9.84 Å². The maximum absolute atomic E-state index is 11.8. The van der Waals surface area contributed by atoms with Gasteiger partial charge in [-0.25, -0.2) is 8.42 Å². The van der Waals surface area contributed by atoms with E-state index >= 15 is 0 Å². The molecule has 0 spiro atoms. The van der Waals surface area contributed by atoms with Gasteiger partial charge in [-0.3, -0.25) is 4.90 Å². The molecule has 2 N–H and O–H groups in total. The molecule has 0 aromatic rings. The van der Waals surface area contributed by atoms with Crippen LogP contribution in [0.3, 0.4) is 0 Å². The van der Waals surface area contributed by atoms with Gasteiger partial charge in [-0.1, -0.05) is 13.8 Å². The van der Waals surface area contributed by atoms with E-state index in [0.29, 0.717) is 5.75 Å². The van der Waals surface area contributed by atoms with Crippen molar-refractivity contribution in [1.29, 1.82) is 0 Å². The molecule has 1 heterocycles. The van der Waals surface area contributed by atoms with Gasteiger partial charge in [-0.05, 0) is 37.8 Å². The van der Waals surface area contributed by atoms with Gasteiger partial charge >= 0.3 is 0 Å². The van der Waals surface area contributed by atoms with Crippen LogP contribution in [0.5, 0.6) is 0 Å². The summed E-state index contributed by atoms with van der Waals surface area (Å²) >= 11 is 1.74. The Hall–Kier alpha value is 0.220. The zero-order valence-corrected chi connectivity index (χ0v) is 14.0. The number of nitrogens with two attached hydrogens (primary N) is 1. The van der Waals surface area contributed by atoms with E-state index in [0.717, 1.165) is 44.6 Å². The van der Waals surface area contributed by atoms with Crippen LogP contribution in [0.4, 0.5) is 0 Å². The first kappa shape index (κ1) is 17.3. The van der Waals surface area contributed by atoms with Crippen molar-refractivity contribution >= 4 is 21.6 Å². The van der Waals surface area contributed by atoms with Gasteiger partial charge in [0.1, 0.15) is 5.37 Å². The molecule has 6 heteroatoms. The summed E-state index contributed by atoms with van der Waals surface area (Å²) < 4.78 is 23.6. The topological polar surface area (TPSA) is 63.4 Å². The third kappa shape index (κ3) is 6.02. The first-order chi connectivity index (χ1) is 8.76. The average molecular weight is 309 g/mol. The van der Waals surface area contributed by atoms with Crippen LogP contribution in [0.2, 0.25) is 0 Å². The van der Waals surface area contributed by atoms with Crippen molar-refractivity contribution in [2.45, 2.75) is 38.5 Å². The number of thioether (sulfide) groups is 1. The number of rotatable bonds is 7. The first-order valence-electron chi connectivity index (χ1n) is 6.97. The van der Waals surface area contributed by atoms with Crippen LogP contribution in [-0.2, 0) is 9.84 Å². The smallest absolute Gasteiger partial charge is 0.164 e. The number of sulfone groups is 1. The maximum atomic E-state index is 11.8. The van der Waals surface area contributed by atoms with E-state index in [1.807, 2.05) is 0 Å². The molecule has 1 unspecified atom stereocenters. The predicted molar refractivity (Wildman–Crippen MR) is 84.2 cm³/mol. The van der Waals surface area contributed by atoms with Gasteiger partial charge in [0, 0.05) is 24.3 Å². The SMILES string of the molecule is CC(C)(CCN)CCCN1CCSCC1S(C)(=O)=O. The van der Waals surface area contributed by atoms with Crippen LogP contribution in [0.15, 0.2) is 0 Å². The summed E-state index contributed by atoms with van der Waals surface area (Å²) in [6, 6.07) is 0. The Morgan fingerprint density at radius 3 is 2.63 bits per heavy atom. The van der Waals surface area contributed by atoms with Gasteiger partial charge in [0.2, 0.25) is 0 Å². The summed E-state index contributed by atoms with van der Waals surface area (Å²) in [7, 11) is -2.97. The molecule has 1 aliphatic rings. The quantitative estimate of drug-likeness (QED) is 0.773. The molecule has 19 heavy (non-hydrogen) atoms. The summed E-state index contributed by atoms with van der Waals surface area (Å²) in [6.07, 6.45) is 4.53. The maximum Gasteiger partial charge on any atom is 0.164 e. The minimum absolute atomic E-state index is 0.264. The van der Waals surface area contributed by atoms with Gasteiger partial charge in [0.25, 0.3) is 0 Å². The zero-order chi connectivity index (χ0) is 14.5. The Morgan fingerprint density at radius 1 is 1.37 bits per heavy atom. The summed E-state index contributed by atoms with van der Waals surface area (Å²) in [4.78, 5) is 2.14. The molecular formula is C13H28N2O2S2. The van der Waals surface area contributed by atoms with E-state index in [9.17, 15) is 8.42 Å². The summed E-state index contributed by atoms with van der Waals surface area (Å²) in [5, 5.41) is -0.288. The molecule has 0 aliphatic carbocycles. The molecule has 0 aromatic heterocycles. The molecule has 0 radical (unpaired) electrons. The lowest BCUT2D eigenvalue weighted by atomic mass is 9.84. The van der Waals surface area contributed by atoms with Crippen molar-refractivity contribution in [1.82, 2.24) is 4.90 Å². The van der Waals surface area contributed by atoms with Crippen molar-refractivity contribution in [3.8, 4) is 0 Å². The van der Waals surface area contributed by atoms with E-state index in [2.05, 4.69) is 18.7 Å². The summed E-state index contributed by atoms with van der Waals surface area (Å²) in [5.41, 5.74) is 5.88. The van der Waals surface area contributed by atoms with E-state index < -0.39 is 9.84 Å². The molecule has 0 aromatic carbocycles. The van der Waals surface area contributed by atoms with Gasteiger partial charge in [-0.15, -0.1) is 0 Å². The molecule has 1 saturated heterocycles. The highest BCUT2D eigenvalue weighted by Gasteiger charge is 2.30. The molecule has 1 rings (SSSR count). The minimum atomic E-state index is -2.97. The summed E-state index contributed by atoms with van der Waals surface area (Å²) in [6.45, 7) is 6.96. The predicted octanol–water partition coefficient (Wildman–Crippen LogP) is 1.56. The Balaban J connectivity index is 2.46. The highest BCUT2D eigenvalue weighted by Crippen LogP contribution is 2.27. The normalized spacial score (nSPS) is 22.6. The van der Waals surface area contributed by atoms with Crippen LogP contribution in [-0.4, -0.2) is 56.1 Å². The first-order valence-corrected chi connectivity index (χ1v) is 10.1. The van der Waals surface area contributed by atoms with E-state index in [-0.39, 0.29) is 10.8 Å². The highest BCUT2D eigenvalue weighted by molar-refractivity contribution is 8.00. The Kier molecular flexibility index (Phi) is 6.63. The lowest BCUT2D eigenvalue weighted by Gasteiger charge is -2.34. The number of hydrogen-bond acceptors (Lipinski definition) is 5. The fourth-order valence-electron chi connectivity index (χ4n) is 2.54. The number of nitrogens with zero attached hydrogens (tertiary/aromatic N) is 1. The lowest BCUT2D eigenvalue weighted by molar-refractivity contribution is 0.232. The Bertz CT molecular complexity index is 369. The fraction of sp³-hybridized carbons (Fsp3) is 1.00. The van der Waals surface area contributed by atoms with Crippen LogP contribution in [0.25, 0.3) is 0 Å². The fourth-order valence-corrected chi connectivity index (χ4v) is 5.51. The number of hydrogen-bond donors (Lipinski definition) is 1. The second kappa shape index (κ2) is 7.29. The van der Waals surface area contributed by atoms with Crippen molar-refractivity contribution in [3.05, 3.63) is 0 Å². The third-order valence-corrected chi connectivity index (χ3v) is 6.49. The van der Waals surface area contributed by atoms with Crippen molar-refractivity contribution in [3.63, 3.8) is 0 Å². The van der Waals surface area contributed by atoms with Crippen LogP contribution < -0.4 is 5.73 Å². The second-order valence-corrected chi connectivity index (χ2v) is 9.55. The standard InChI is InChI=1S/C13H28N2O2S2/c1-13(2,6-7-14)5-4-8-15-9-10-18-11-12(15)19(3,16)17/h12H,4-11,14H2,1-3H3. The Labute approximate surface area is 122 Å². The summed E-state index contributed by atoms with van der Waals surface area (Å²) in [5.74, 6) is 1.75. The minimum Gasteiger partial charge on any atom is -0.330 e. The molecule has 4 nitrogen and oxygen atoms in total. The van der Waals surface area contributed by atoms with Gasteiger partial charge in [-0.2, -0.15) is 11.8 Å². The van der Waals surface area contributed by atoms with Crippen LogP contribution in [0.1, 0.15) is 33.1 Å². The lowest BCUT2D eigenvalue weighted by Crippen LogP contribution is -2.47. The van der Waals surface area contributed by atoms with Crippen LogP contribution >= 0.6 is 11.8 Å². The van der Waals surface area contributed by atoms with E-state index in [4.69, 9.17) is 5.73 Å². The van der Waals surface area contributed by atoms with E-state index in [1.165, 1.54) is 6.26 Å². The third-order valence-electron chi connectivity index (χ3n) is 3.80. The van der Waals surface area contributed by atoms with Crippen molar-refractivity contribution in [2.24, 2.45) is 11.1 Å². The monoisotopic (exact) mass is 308 g/mol. The molecule has 1 aliphatic heterocycles. The molecule has 0 saturated carbocycles. The molecule has 1 atom stereocenters. The average Bonchev–Trinajstić information content (AvgIpc) is 2.28. The molecule has 0 bridgehead atoms. The van der Waals surface area contributed by atoms with Crippen LogP contribution in [0, 0.1) is 5.41 Å². The zero-order valence-electron chi connectivity index (χ0n) is 12.4. The molecule has 1 fully saturated rings. The molecule has 0 amide bonds. The van der Waals surface area contributed by atoms with Crippen molar-refractivity contribution < 1.29 is 8.42 Å². The second-order valence-electron chi connectivity index (χ2n) is 6.20. The van der Waals surface area contributed by atoms with Crippen molar-refractivity contribution in [2.75, 3.05) is 37.4 Å². The Morgan fingerprint density at radius 2 is 2.05 bits per heavy atom. The highest BCUT2D eigenvalue weighted by atomic mass is 32.2. The van der Waals surface area contributed by atoms with Gasteiger partial charge in [0.05, 0.1) is 0 Å². The van der Waals surface area contributed by atoms with E-state index in [1.54, 1.807) is 11.8 Å². The largest absolute Gasteiger partial charge is 0.330 e. The van der Waals surface area contributed by atoms with Gasteiger partial charge < -0.3 is 5.73 Å². The molecule has 114 valence electrons.